The topological polar surface area (TPSA) is 76.3 Å². The highest BCUT2D eigenvalue weighted by Gasteiger charge is 2.13. The van der Waals surface area contributed by atoms with Crippen molar-refractivity contribution in [2.24, 2.45) is 5.73 Å². The first kappa shape index (κ1) is 13.7. The van der Waals surface area contributed by atoms with E-state index in [1.54, 1.807) is 11.9 Å². The lowest BCUT2D eigenvalue weighted by molar-refractivity contribution is 0.0778. The zero-order valence-electron chi connectivity index (χ0n) is 11.1. The molecule has 0 aliphatic heterocycles. The Balaban J connectivity index is 2.08. The molecule has 0 atom stereocenters. The zero-order valence-corrected chi connectivity index (χ0v) is 11.1. The van der Waals surface area contributed by atoms with Crippen LogP contribution in [0.3, 0.4) is 0 Å². The molecule has 0 radical (unpaired) electrons. The van der Waals surface area contributed by atoms with Crippen molar-refractivity contribution in [2.45, 2.75) is 6.54 Å². The highest BCUT2D eigenvalue weighted by Crippen LogP contribution is 2.07. The van der Waals surface area contributed by atoms with Crippen molar-refractivity contribution in [3.8, 4) is 0 Å². The molecule has 5 heteroatoms. The van der Waals surface area contributed by atoms with Gasteiger partial charge >= 0.3 is 0 Å². The number of primary amides is 1. The van der Waals surface area contributed by atoms with Crippen LogP contribution in [0.1, 0.15) is 26.4 Å². The number of nitrogens with zero attached hydrogens (tertiary/aromatic N) is 2. The molecule has 102 valence electrons. The zero-order chi connectivity index (χ0) is 14.5. The van der Waals surface area contributed by atoms with Crippen molar-refractivity contribution in [1.82, 2.24) is 9.88 Å². The number of carbonyl (C=O) groups excluding carboxylic acids is 2. The summed E-state index contributed by atoms with van der Waals surface area (Å²) in [7, 11) is 1.71. The van der Waals surface area contributed by atoms with Gasteiger partial charge in [-0.15, -0.1) is 0 Å². The Kier molecular flexibility index (Phi) is 4.10. The van der Waals surface area contributed by atoms with E-state index in [0.717, 1.165) is 5.56 Å². The number of rotatable bonds is 4. The van der Waals surface area contributed by atoms with Crippen LogP contribution in [0.4, 0.5) is 0 Å². The molecule has 2 amide bonds. The molecule has 0 spiro atoms. The standard InChI is InChI=1S/C15H15N3O2/c1-18(10-11-5-3-2-4-6-11)15(20)13-8-7-12(9-17-13)14(16)19/h2-9H,10H2,1H3,(H2,16,19). The smallest absolute Gasteiger partial charge is 0.272 e. The number of hydrogen-bond donors (Lipinski definition) is 1. The van der Waals surface area contributed by atoms with Crippen LogP contribution in [0.25, 0.3) is 0 Å². The van der Waals surface area contributed by atoms with Gasteiger partial charge in [0.25, 0.3) is 5.91 Å². The Hall–Kier alpha value is -2.69. The summed E-state index contributed by atoms with van der Waals surface area (Å²) in [6.45, 7) is 0.499. The van der Waals surface area contributed by atoms with E-state index in [2.05, 4.69) is 4.98 Å². The Morgan fingerprint density at radius 2 is 1.85 bits per heavy atom. The van der Waals surface area contributed by atoms with Gasteiger partial charge in [0.2, 0.25) is 5.91 Å². The summed E-state index contributed by atoms with van der Waals surface area (Å²) < 4.78 is 0. The lowest BCUT2D eigenvalue weighted by Gasteiger charge is -2.16. The Labute approximate surface area is 117 Å². The molecule has 0 bridgehead atoms. The molecular formula is C15H15N3O2. The van der Waals surface area contributed by atoms with Crippen LogP contribution in [0.2, 0.25) is 0 Å². The van der Waals surface area contributed by atoms with Crippen LogP contribution in [0, 0.1) is 0 Å². The fraction of sp³-hybridized carbons (Fsp3) is 0.133. The van der Waals surface area contributed by atoms with Crippen LogP contribution in [0.15, 0.2) is 48.7 Å². The lowest BCUT2D eigenvalue weighted by Crippen LogP contribution is -2.27. The van der Waals surface area contributed by atoms with Crippen molar-refractivity contribution >= 4 is 11.8 Å². The van der Waals surface area contributed by atoms with Crippen LogP contribution in [0.5, 0.6) is 0 Å². The van der Waals surface area contributed by atoms with E-state index in [-0.39, 0.29) is 17.2 Å². The van der Waals surface area contributed by atoms with Crippen molar-refractivity contribution < 1.29 is 9.59 Å². The van der Waals surface area contributed by atoms with Gasteiger partial charge in [0.1, 0.15) is 5.69 Å². The Bertz CT molecular complexity index is 609. The van der Waals surface area contributed by atoms with Gasteiger partial charge in [0.15, 0.2) is 0 Å². The molecular weight excluding hydrogens is 254 g/mol. The predicted molar refractivity (Wildman–Crippen MR) is 75.0 cm³/mol. The van der Waals surface area contributed by atoms with E-state index >= 15 is 0 Å². The number of benzene rings is 1. The maximum absolute atomic E-state index is 12.2. The second-order valence-electron chi connectivity index (χ2n) is 4.44. The van der Waals surface area contributed by atoms with Crippen LogP contribution in [-0.2, 0) is 6.54 Å². The highest BCUT2D eigenvalue weighted by molar-refractivity contribution is 5.95. The SMILES string of the molecule is CN(Cc1ccccc1)C(=O)c1ccc(C(N)=O)cn1. The molecule has 5 nitrogen and oxygen atoms in total. The Morgan fingerprint density at radius 1 is 1.15 bits per heavy atom. The molecule has 0 aliphatic rings. The van der Waals surface area contributed by atoms with E-state index in [1.807, 2.05) is 30.3 Å². The third-order valence-electron chi connectivity index (χ3n) is 2.88. The molecule has 0 saturated heterocycles. The number of pyridine rings is 1. The van der Waals surface area contributed by atoms with E-state index in [1.165, 1.54) is 18.3 Å². The van der Waals surface area contributed by atoms with Gasteiger partial charge in [0, 0.05) is 19.8 Å². The van der Waals surface area contributed by atoms with E-state index < -0.39 is 5.91 Å². The Morgan fingerprint density at radius 3 is 2.40 bits per heavy atom. The van der Waals surface area contributed by atoms with Gasteiger partial charge in [-0.1, -0.05) is 30.3 Å². The third-order valence-corrected chi connectivity index (χ3v) is 2.88. The molecule has 2 aromatic rings. The minimum absolute atomic E-state index is 0.204. The fourth-order valence-corrected chi connectivity index (χ4v) is 1.79. The average Bonchev–Trinajstić information content (AvgIpc) is 2.47. The van der Waals surface area contributed by atoms with Crippen LogP contribution < -0.4 is 5.73 Å². The molecule has 2 rings (SSSR count). The maximum atomic E-state index is 12.2. The predicted octanol–water partition coefficient (Wildman–Crippen LogP) is 1.45. The molecule has 0 aliphatic carbocycles. The summed E-state index contributed by atoms with van der Waals surface area (Å²) in [5.41, 5.74) is 6.74. The fourth-order valence-electron chi connectivity index (χ4n) is 1.79. The van der Waals surface area contributed by atoms with Gasteiger partial charge in [0.05, 0.1) is 5.56 Å². The second-order valence-corrected chi connectivity index (χ2v) is 4.44. The van der Waals surface area contributed by atoms with Gasteiger partial charge in [-0.05, 0) is 17.7 Å². The summed E-state index contributed by atoms with van der Waals surface area (Å²) >= 11 is 0. The number of carbonyl (C=O) groups is 2. The van der Waals surface area contributed by atoms with Gasteiger partial charge < -0.3 is 10.6 Å². The number of amides is 2. The molecule has 20 heavy (non-hydrogen) atoms. The molecule has 1 heterocycles. The first-order valence-corrected chi connectivity index (χ1v) is 6.13. The summed E-state index contributed by atoms with van der Waals surface area (Å²) in [6, 6.07) is 12.7. The molecule has 0 unspecified atom stereocenters. The van der Waals surface area contributed by atoms with Crippen molar-refractivity contribution in [2.75, 3.05) is 7.05 Å². The highest BCUT2D eigenvalue weighted by atomic mass is 16.2. The third kappa shape index (κ3) is 3.20. The van der Waals surface area contributed by atoms with Gasteiger partial charge in [-0.3, -0.25) is 14.6 Å². The van der Waals surface area contributed by atoms with E-state index in [9.17, 15) is 9.59 Å². The molecule has 1 aromatic heterocycles. The minimum Gasteiger partial charge on any atom is -0.366 e. The van der Waals surface area contributed by atoms with E-state index in [4.69, 9.17) is 5.73 Å². The van der Waals surface area contributed by atoms with Crippen molar-refractivity contribution in [1.29, 1.82) is 0 Å². The second kappa shape index (κ2) is 5.97. The molecule has 1 aromatic carbocycles. The molecule has 2 N–H and O–H groups in total. The monoisotopic (exact) mass is 269 g/mol. The van der Waals surface area contributed by atoms with Crippen LogP contribution >= 0.6 is 0 Å². The summed E-state index contributed by atoms with van der Waals surface area (Å²) in [6.07, 6.45) is 1.31. The number of aromatic nitrogens is 1. The van der Waals surface area contributed by atoms with Crippen LogP contribution in [-0.4, -0.2) is 28.7 Å². The quantitative estimate of drug-likeness (QED) is 0.912. The largest absolute Gasteiger partial charge is 0.366 e. The minimum atomic E-state index is -0.561. The molecule has 0 fully saturated rings. The number of nitrogens with two attached hydrogens (primary N) is 1. The first-order chi connectivity index (χ1) is 9.58. The van der Waals surface area contributed by atoms with E-state index in [0.29, 0.717) is 6.54 Å². The molecule has 0 saturated carbocycles. The average molecular weight is 269 g/mol. The van der Waals surface area contributed by atoms with Crippen molar-refractivity contribution in [3.63, 3.8) is 0 Å². The summed E-state index contributed by atoms with van der Waals surface area (Å²) in [5, 5.41) is 0. The lowest BCUT2D eigenvalue weighted by atomic mass is 10.2. The first-order valence-electron chi connectivity index (χ1n) is 6.13. The normalized spacial score (nSPS) is 10.1. The maximum Gasteiger partial charge on any atom is 0.272 e. The van der Waals surface area contributed by atoms with Gasteiger partial charge in [-0.2, -0.15) is 0 Å². The number of hydrogen-bond acceptors (Lipinski definition) is 3. The summed E-state index contributed by atoms with van der Waals surface area (Å²) in [4.78, 5) is 28.7. The summed E-state index contributed by atoms with van der Waals surface area (Å²) in [5.74, 6) is -0.765. The van der Waals surface area contributed by atoms with Crippen molar-refractivity contribution in [3.05, 3.63) is 65.5 Å². The van der Waals surface area contributed by atoms with Gasteiger partial charge in [-0.25, -0.2) is 0 Å².